The third-order valence-electron chi connectivity index (χ3n) is 4.33. The van der Waals surface area contributed by atoms with Crippen LogP contribution in [0.15, 0.2) is 53.5 Å². The maximum atomic E-state index is 6.89. The number of rotatable bonds is 1. The third kappa shape index (κ3) is 1.68. The van der Waals surface area contributed by atoms with E-state index in [1.165, 1.54) is 0 Å². The van der Waals surface area contributed by atoms with Gasteiger partial charge in [-0.15, -0.1) is 0 Å². The molecule has 2 aromatic carbocycles. The molecule has 0 radical (unpaired) electrons. The lowest BCUT2D eigenvalue weighted by atomic mass is 9.91. The molecular weight excluding hydrogens is 282 g/mol. The lowest BCUT2D eigenvalue weighted by Gasteiger charge is -2.35. The van der Waals surface area contributed by atoms with Gasteiger partial charge in [0.15, 0.2) is 0 Å². The number of halogens is 1. The van der Waals surface area contributed by atoms with Crippen LogP contribution in [0.4, 0.5) is 0 Å². The smallest absolute Gasteiger partial charge is 0.143 e. The zero-order chi connectivity index (χ0) is 14.6. The second kappa shape index (κ2) is 4.33. The van der Waals surface area contributed by atoms with Crippen molar-refractivity contribution in [2.75, 3.05) is 6.54 Å². The molecule has 2 N–H and O–H groups in total. The van der Waals surface area contributed by atoms with E-state index < -0.39 is 5.66 Å². The molecule has 0 saturated carbocycles. The Kier molecular flexibility index (Phi) is 2.65. The van der Waals surface area contributed by atoms with Gasteiger partial charge in [-0.2, -0.15) is 0 Å². The van der Waals surface area contributed by atoms with Crippen LogP contribution in [0.5, 0.6) is 0 Å². The Bertz CT molecular complexity index is 738. The maximum Gasteiger partial charge on any atom is 0.143 e. The fourth-order valence-electron chi connectivity index (χ4n) is 3.37. The quantitative estimate of drug-likeness (QED) is 0.879. The van der Waals surface area contributed by atoms with E-state index >= 15 is 0 Å². The molecule has 0 aliphatic carbocycles. The minimum absolute atomic E-state index is 0.267. The van der Waals surface area contributed by atoms with E-state index in [2.05, 4.69) is 24.0 Å². The second-order valence-electron chi connectivity index (χ2n) is 5.73. The molecule has 0 amide bonds. The molecule has 2 aliphatic heterocycles. The van der Waals surface area contributed by atoms with Gasteiger partial charge in [0.25, 0.3) is 0 Å². The highest BCUT2D eigenvalue weighted by Crippen LogP contribution is 2.42. The molecule has 2 unspecified atom stereocenters. The third-order valence-corrected chi connectivity index (χ3v) is 4.59. The summed E-state index contributed by atoms with van der Waals surface area (Å²) in [6.45, 7) is 2.96. The second-order valence-corrected chi connectivity index (χ2v) is 6.17. The van der Waals surface area contributed by atoms with E-state index in [4.69, 9.17) is 22.3 Å². The molecule has 0 saturated heterocycles. The summed E-state index contributed by atoms with van der Waals surface area (Å²) in [6, 6.07) is 16.3. The van der Waals surface area contributed by atoms with E-state index in [1.54, 1.807) is 0 Å². The fourth-order valence-corrected chi connectivity index (χ4v) is 3.49. The van der Waals surface area contributed by atoms with Gasteiger partial charge in [0.1, 0.15) is 11.5 Å². The van der Waals surface area contributed by atoms with Crippen molar-refractivity contribution >= 4 is 17.4 Å². The SMILES string of the molecule is CC1CN2C(=N1)c1ccccc1C2(N)c1ccc(Cl)cc1. The first-order valence-corrected chi connectivity index (χ1v) is 7.49. The predicted molar refractivity (Wildman–Crippen MR) is 85.6 cm³/mol. The van der Waals surface area contributed by atoms with Gasteiger partial charge >= 0.3 is 0 Å². The molecule has 2 aliphatic rings. The number of benzene rings is 2. The topological polar surface area (TPSA) is 41.6 Å². The number of amidine groups is 1. The molecule has 21 heavy (non-hydrogen) atoms. The van der Waals surface area contributed by atoms with Crippen LogP contribution >= 0.6 is 11.6 Å². The minimum Gasteiger partial charge on any atom is -0.328 e. The molecule has 0 spiro atoms. The van der Waals surface area contributed by atoms with Crippen LogP contribution in [0.2, 0.25) is 5.02 Å². The van der Waals surface area contributed by atoms with Crippen molar-refractivity contribution in [3.8, 4) is 0 Å². The van der Waals surface area contributed by atoms with Gasteiger partial charge in [-0.3, -0.25) is 4.99 Å². The van der Waals surface area contributed by atoms with Crippen LogP contribution in [0.25, 0.3) is 0 Å². The first-order chi connectivity index (χ1) is 10.1. The van der Waals surface area contributed by atoms with Gasteiger partial charge < -0.3 is 10.6 Å². The summed E-state index contributed by atoms with van der Waals surface area (Å²) < 4.78 is 0. The van der Waals surface area contributed by atoms with Crippen molar-refractivity contribution in [1.82, 2.24) is 4.90 Å². The molecule has 0 bridgehead atoms. The zero-order valence-electron chi connectivity index (χ0n) is 11.8. The minimum atomic E-state index is -0.662. The van der Waals surface area contributed by atoms with Crippen LogP contribution in [0.3, 0.4) is 0 Å². The van der Waals surface area contributed by atoms with Crippen LogP contribution in [-0.2, 0) is 5.66 Å². The van der Waals surface area contributed by atoms with Gasteiger partial charge in [0.2, 0.25) is 0 Å². The molecule has 2 atom stereocenters. The normalized spacial score (nSPS) is 26.5. The molecule has 2 aromatic rings. The molecule has 0 aromatic heterocycles. The highest BCUT2D eigenvalue weighted by Gasteiger charge is 2.49. The maximum absolute atomic E-state index is 6.89. The Labute approximate surface area is 129 Å². The Morgan fingerprint density at radius 1 is 1.19 bits per heavy atom. The van der Waals surface area contributed by atoms with Crippen LogP contribution < -0.4 is 5.73 Å². The Hall–Kier alpha value is -1.84. The summed E-state index contributed by atoms with van der Waals surface area (Å²) in [6.07, 6.45) is 0. The van der Waals surface area contributed by atoms with E-state index in [9.17, 15) is 0 Å². The van der Waals surface area contributed by atoms with Gasteiger partial charge in [-0.05, 0) is 24.6 Å². The molecule has 3 nitrogen and oxygen atoms in total. The first kappa shape index (κ1) is 12.9. The molecule has 0 fully saturated rings. The van der Waals surface area contributed by atoms with Gasteiger partial charge in [0.05, 0.1) is 6.04 Å². The predicted octanol–water partition coefficient (Wildman–Crippen LogP) is 2.96. The van der Waals surface area contributed by atoms with Gasteiger partial charge in [0, 0.05) is 22.7 Å². The Morgan fingerprint density at radius 2 is 1.90 bits per heavy atom. The van der Waals surface area contributed by atoms with Crippen molar-refractivity contribution < 1.29 is 0 Å². The van der Waals surface area contributed by atoms with E-state index in [0.29, 0.717) is 0 Å². The molecule has 106 valence electrons. The van der Waals surface area contributed by atoms with Crippen LogP contribution in [0.1, 0.15) is 23.6 Å². The van der Waals surface area contributed by atoms with Crippen LogP contribution in [0, 0.1) is 0 Å². The summed E-state index contributed by atoms with van der Waals surface area (Å²) >= 11 is 6.02. The van der Waals surface area contributed by atoms with E-state index in [1.807, 2.05) is 36.4 Å². The van der Waals surface area contributed by atoms with Gasteiger partial charge in [-0.1, -0.05) is 48.0 Å². The Morgan fingerprint density at radius 3 is 2.67 bits per heavy atom. The van der Waals surface area contributed by atoms with E-state index in [0.717, 1.165) is 34.1 Å². The number of fused-ring (bicyclic) bond motifs is 3. The first-order valence-electron chi connectivity index (χ1n) is 7.11. The fraction of sp³-hybridized carbons (Fsp3) is 0.235. The van der Waals surface area contributed by atoms with Crippen molar-refractivity contribution in [3.63, 3.8) is 0 Å². The molecular formula is C17H16ClN3. The zero-order valence-corrected chi connectivity index (χ0v) is 12.5. The largest absolute Gasteiger partial charge is 0.328 e. The number of nitrogens with two attached hydrogens (primary N) is 1. The van der Waals surface area contributed by atoms with E-state index in [-0.39, 0.29) is 6.04 Å². The molecule has 4 heteroatoms. The number of hydrogen-bond donors (Lipinski definition) is 1. The van der Waals surface area contributed by atoms with Crippen molar-refractivity contribution in [1.29, 1.82) is 0 Å². The summed E-state index contributed by atoms with van der Waals surface area (Å²) in [7, 11) is 0. The average Bonchev–Trinajstić information content (AvgIpc) is 2.98. The lowest BCUT2D eigenvalue weighted by Crippen LogP contribution is -2.51. The monoisotopic (exact) mass is 297 g/mol. The average molecular weight is 298 g/mol. The standard InChI is InChI=1S/C17H16ClN3/c1-11-10-21-16(20-11)14-4-2-3-5-15(14)17(21,19)12-6-8-13(18)9-7-12/h2-9,11H,10,19H2,1H3. The van der Waals surface area contributed by atoms with Crippen molar-refractivity contribution in [2.45, 2.75) is 18.6 Å². The van der Waals surface area contributed by atoms with Crippen molar-refractivity contribution in [2.24, 2.45) is 10.7 Å². The van der Waals surface area contributed by atoms with Gasteiger partial charge in [-0.25, -0.2) is 0 Å². The molecule has 2 heterocycles. The number of nitrogens with zero attached hydrogens (tertiary/aromatic N) is 2. The highest BCUT2D eigenvalue weighted by molar-refractivity contribution is 6.30. The van der Waals surface area contributed by atoms with Crippen molar-refractivity contribution in [3.05, 3.63) is 70.2 Å². The summed E-state index contributed by atoms with van der Waals surface area (Å²) in [4.78, 5) is 6.98. The highest BCUT2D eigenvalue weighted by atomic mass is 35.5. The van der Waals surface area contributed by atoms with Crippen LogP contribution in [-0.4, -0.2) is 23.3 Å². The summed E-state index contributed by atoms with van der Waals surface area (Å²) in [5, 5.41) is 0.720. The molecule has 4 rings (SSSR count). The number of aliphatic imine (C=N–C) groups is 1. The summed E-state index contributed by atoms with van der Waals surface area (Å²) in [5.74, 6) is 1.01. The Balaban J connectivity index is 1.96. The summed E-state index contributed by atoms with van der Waals surface area (Å²) in [5.41, 5.74) is 9.52. The lowest BCUT2D eigenvalue weighted by molar-refractivity contribution is 0.250. The number of hydrogen-bond acceptors (Lipinski definition) is 3.